The number of hydrogen-bond acceptors (Lipinski definition) is 5. The predicted octanol–water partition coefficient (Wildman–Crippen LogP) is -0.755. The molecule has 0 aliphatic heterocycles. The zero-order chi connectivity index (χ0) is 13.2. The topological polar surface area (TPSA) is 111 Å². The number of hydrogen-bond donors (Lipinski definition) is 1. The van der Waals surface area contributed by atoms with Crippen molar-refractivity contribution in [1.82, 2.24) is 9.13 Å². The third-order valence-electron chi connectivity index (χ3n) is 2.43. The molecular formula is C10H12N4O3. The minimum absolute atomic E-state index is 0.138. The number of nitrogens with two attached hydrogens (primary N) is 1. The van der Waals surface area contributed by atoms with E-state index in [1.165, 1.54) is 7.05 Å². The van der Waals surface area contributed by atoms with E-state index in [-0.39, 0.29) is 17.9 Å². The van der Waals surface area contributed by atoms with Gasteiger partial charge in [-0.05, 0) is 6.92 Å². The number of ketones is 1. The fourth-order valence-electron chi connectivity index (χ4n) is 1.48. The molecule has 0 aliphatic carbocycles. The van der Waals surface area contributed by atoms with Crippen LogP contribution in [0.5, 0.6) is 0 Å². The Morgan fingerprint density at radius 2 is 2.06 bits per heavy atom. The maximum Gasteiger partial charge on any atom is 0.332 e. The zero-order valence-electron chi connectivity index (χ0n) is 9.56. The normalized spacial score (nSPS) is 9.94. The first-order valence-electron chi connectivity index (χ1n) is 4.95. The molecule has 17 heavy (non-hydrogen) atoms. The first-order valence-corrected chi connectivity index (χ1v) is 4.95. The molecule has 0 saturated carbocycles. The van der Waals surface area contributed by atoms with Crippen LogP contribution >= 0.6 is 0 Å². The van der Waals surface area contributed by atoms with Crippen molar-refractivity contribution in [2.24, 2.45) is 7.05 Å². The highest BCUT2D eigenvalue weighted by Gasteiger charge is 2.20. The number of Topliss-reactive ketones (excluding diaryl/α,β-unsaturated/α-hetero) is 1. The summed E-state index contributed by atoms with van der Waals surface area (Å²) in [7, 11) is 1.37. The Morgan fingerprint density at radius 3 is 2.53 bits per heavy atom. The number of carbonyl (C=O) groups excluding carboxylic acids is 1. The van der Waals surface area contributed by atoms with Gasteiger partial charge in [0.15, 0.2) is 5.78 Å². The molecule has 1 heterocycles. The van der Waals surface area contributed by atoms with E-state index in [1.807, 2.05) is 0 Å². The van der Waals surface area contributed by atoms with E-state index in [1.54, 1.807) is 13.0 Å². The highest BCUT2D eigenvalue weighted by Crippen LogP contribution is 2.05. The summed E-state index contributed by atoms with van der Waals surface area (Å²) in [6, 6.07) is 1.65. The molecule has 0 aliphatic rings. The third-order valence-corrected chi connectivity index (χ3v) is 2.43. The Kier molecular flexibility index (Phi) is 3.48. The van der Waals surface area contributed by atoms with E-state index < -0.39 is 23.5 Å². The molecule has 0 spiro atoms. The van der Waals surface area contributed by atoms with Crippen LogP contribution in [0.2, 0.25) is 0 Å². The van der Waals surface area contributed by atoms with Gasteiger partial charge in [-0.25, -0.2) is 4.79 Å². The van der Waals surface area contributed by atoms with Gasteiger partial charge in [0, 0.05) is 13.6 Å². The van der Waals surface area contributed by atoms with Gasteiger partial charge in [0.1, 0.15) is 11.4 Å². The summed E-state index contributed by atoms with van der Waals surface area (Å²) in [6.45, 7) is 1.75. The van der Waals surface area contributed by atoms with E-state index in [4.69, 9.17) is 11.0 Å². The van der Waals surface area contributed by atoms with Crippen LogP contribution in [0.3, 0.4) is 0 Å². The van der Waals surface area contributed by atoms with Crippen LogP contribution in [0.1, 0.15) is 23.7 Å². The molecule has 0 unspecified atom stereocenters. The second kappa shape index (κ2) is 4.65. The van der Waals surface area contributed by atoms with Crippen molar-refractivity contribution in [2.45, 2.75) is 19.9 Å². The minimum Gasteiger partial charge on any atom is -0.384 e. The highest BCUT2D eigenvalue weighted by atomic mass is 16.2. The number of aromatic nitrogens is 2. The second-order valence-corrected chi connectivity index (χ2v) is 3.41. The molecule has 0 bridgehead atoms. The fraction of sp³-hybridized carbons (Fsp3) is 0.400. The average Bonchev–Trinajstić information content (AvgIpc) is 2.27. The van der Waals surface area contributed by atoms with Crippen LogP contribution in [0.25, 0.3) is 0 Å². The molecule has 1 aromatic heterocycles. The lowest BCUT2D eigenvalue weighted by Crippen LogP contribution is -2.42. The van der Waals surface area contributed by atoms with Gasteiger partial charge in [0.05, 0.1) is 12.5 Å². The SMILES string of the molecule is CCn1c(=O)c(C(=O)CC#N)c(N)n(C)c1=O. The molecule has 0 atom stereocenters. The van der Waals surface area contributed by atoms with E-state index in [2.05, 4.69) is 0 Å². The molecule has 90 valence electrons. The van der Waals surface area contributed by atoms with Gasteiger partial charge in [0.25, 0.3) is 5.56 Å². The molecule has 1 rings (SSSR count). The first-order chi connectivity index (χ1) is 7.95. The molecular weight excluding hydrogens is 224 g/mol. The summed E-state index contributed by atoms with van der Waals surface area (Å²) in [5.74, 6) is -0.877. The smallest absolute Gasteiger partial charge is 0.332 e. The van der Waals surface area contributed by atoms with E-state index in [9.17, 15) is 14.4 Å². The molecule has 1 aromatic rings. The van der Waals surface area contributed by atoms with Crippen molar-refractivity contribution in [3.8, 4) is 6.07 Å². The fourth-order valence-corrected chi connectivity index (χ4v) is 1.48. The van der Waals surface area contributed by atoms with Crippen LogP contribution in [0, 0.1) is 11.3 Å². The van der Waals surface area contributed by atoms with Crippen molar-refractivity contribution >= 4 is 11.6 Å². The Balaban J connectivity index is 3.69. The Hall–Kier alpha value is -2.36. The zero-order valence-corrected chi connectivity index (χ0v) is 9.56. The molecule has 0 radical (unpaired) electrons. The van der Waals surface area contributed by atoms with Crippen molar-refractivity contribution in [2.75, 3.05) is 5.73 Å². The molecule has 0 fully saturated rings. The Bertz CT molecular complexity index is 618. The predicted molar refractivity (Wildman–Crippen MR) is 60.6 cm³/mol. The lowest BCUT2D eigenvalue weighted by atomic mass is 10.1. The van der Waals surface area contributed by atoms with Crippen LogP contribution in [0.4, 0.5) is 5.82 Å². The maximum absolute atomic E-state index is 11.8. The summed E-state index contributed by atoms with van der Waals surface area (Å²) in [5, 5.41) is 8.44. The standard InChI is InChI=1S/C10H12N4O3/c1-3-14-9(16)7(6(15)4-5-11)8(12)13(2)10(14)17/h3-4,12H2,1-2H3. The maximum atomic E-state index is 11.8. The molecule has 7 nitrogen and oxygen atoms in total. The van der Waals surface area contributed by atoms with E-state index in [0.717, 1.165) is 9.13 Å². The number of carbonyl (C=O) groups is 1. The number of anilines is 1. The molecule has 0 aromatic carbocycles. The van der Waals surface area contributed by atoms with Gasteiger partial charge >= 0.3 is 5.69 Å². The molecule has 0 saturated heterocycles. The lowest BCUT2D eigenvalue weighted by Gasteiger charge is -2.11. The number of rotatable bonds is 3. The third kappa shape index (κ3) is 1.97. The first kappa shape index (κ1) is 12.7. The molecule has 0 amide bonds. The van der Waals surface area contributed by atoms with Crippen LogP contribution in [-0.2, 0) is 13.6 Å². The number of nitriles is 1. The monoisotopic (exact) mass is 236 g/mol. The minimum atomic E-state index is -0.742. The van der Waals surface area contributed by atoms with Crippen molar-refractivity contribution < 1.29 is 4.79 Å². The Morgan fingerprint density at radius 1 is 1.47 bits per heavy atom. The summed E-state index contributed by atoms with van der Waals surface area (Å²) < 4.78 is 1.93. The van der Waals surface area contributed by atoms with Crippen LogP contribution < -0.4 is 17.0 Å². The van der Waals surface area contributed by atoms with Gasteiger partial charge in [-0.1, -0.05) is 0 Å². The number of nitrogen functional groups attached to an aromatic ring is 1. The van der Waals surface area contributed by atoms with E-state index in [0.29, 0.717) is 0 Å². The lowest BCUT2D eigenvalue weighted by molar-refractivity contribution is 0.0995. The summed E-state index contributed by atoms with van der Waals surface area (Å²) in [4.78, 5) is 35.1. The van der Waals surface area contributed by atoms with Gasteiger partial charge in [0.2, 0.25) is 0 Å². The summed E-state index contributed by atoms with van der Waals surface area (Å²) in [5.41, 5.74) is 3.94. The van der Waals surface area contributed by atoms with Gasteiger partial charge in [-0.15, -0.1) is 0 Å². The quantitative estimate of drug-likeness (QED) is 0.694. The summed E-state index contributed by atoms with van der Waals surface area (Å²) >= 11 is 0. The summed E-state index contributed by atoms with van der Waals surface area (Å²) in [6.07, 6.45) is -0.443. The number of nitrogens with zero attached hydrogens (tertiary/aromatic N) is 3. The van der Waals surface area contributed by atoms with Crippen molar-refractivity contribution in [1.29, 1.82) is 5.26 Å². The van der Waals surface area contributed by atoms with Gasteiger partial charge < -0.3 is 5.73 Å². The van der Waals surface area contributed by atoms with Crippen LogP contribution in [0.15, 0.2) is 9.59 Å². The second-order valence-electron chi connectivity index (χ2n) is 3.41. The Labute approximate surface area is 96.7 Å². The largest absolute Gasteiger partial charge is 0.384 e. The van der Waals surface area contributed by atoms with Crippen LogP contribution in [-0.4, -0.2) is 14.9 Å². The van der Waals surface area contributed by atoms with Crippen molar-refractivity contribution in [3.05, 3.63) is 26.4 Å². The molecule has 7 heteroatoms. The van der Waals surface area contributed by atoms with E-state index >= 15 is 0 Å². The van der Waals surface area contributed by atoms with Gasteiger partial charge in [-0.3, -0.25) is 18.7 Å². The highest BCUT2D eigenvalue weighted by molar-refractivity contribution is 6.00. The van der Waals surface area contributed by atoms with Gasteiger partial charge in [-0.2, -0.15) is 5.26 Å². The average molecular weight is 236 g/mol. The molecule has 2 N–H and O–H groups in total. The van der Waals surface area contributed by atoms with Crippen molar-refractivity contribution in [3.63, 3.8) is 0 Å².